The lowest BCUT2D eigenvalue weighted by Gasteiger charge is -2.37. The highest BCUT2D eigenvalue weighted by atomic mass is 16.5. The summed E-state index contributed by atoms with van der Waals surface area (Å²) in [5, 5.41) is 7.53. The molecule has 1 amide bonds. The number of rotatable bonds is 4. The molecule has 1 unspecified atom stereocenters. The van der Waals surface area contributed by atoms with Crippen molar-refractivity contribution in [3.8, 4) is 0 Å². The van der Waals surface area contributed by atoms with Crippen LogP contribution in [0.25, 0.3) is 0 Å². The average molecular weight is 392 g/mol. The van der Waals surface area contributed by atoms with Gasteiger partial charge in [-0.1, -0.05) is 12.1 Å². The van der Waals surface area contributed by atoms with E-state index >= 15 is 0 Å². The Morgan fingerprint density at radius 1 is 1.21 bits per heavy atom. The van der Waals surface area contributed by atoms with Crippen molar-refractivity contribution >= 4 is 11.9 Å². The monoisotopic (exact) mass is 391 g/mol. The number of aliphatic imine (C=N–C) groups is 1. The molecular weight excluding hydrogens is 358 g/mol. The highest BCUT2D eigenvalue weighted by molar-refractivity contribution is 5.81. The second-order valence-corrected chi connectivity index (χ2v) is 7.77. The van der Waals surface area contributed by atoms with Crippen molar-refractivity contribution < 1.29 is 14.1 Å². The molecule has 2 aliphatic rings. The summed E-state index contributed by atoms with van der Waals surface area (Å²) in [5.41, 5.74) is 2.11. The summed E-state index contributed by atoms with van der Waals surface area (Å²) in [6.07, 6.45) is 1.74. The van der Waals surface area contributed by atoms with E-state index in [4.69, 9.17) is 9.26 Å². The molecule has 2 saturated heterocycles. The van der Waals surface area contributed by atoms with Crippen LogP contribution < -0.4 is 5.32 Å². The van der Waals surface area contributed by atoms with Crippen LogP contribution in [0, 0.1) is 19.8 Å². The Morgan fingerprint density at radius 2 is 1.89 bits per heavy atom. The highest BCUT2D eigenvalue weighted by Gasteiger charge is 2.30. The average Bonchev–Trinajstić information content (AvgIpc) is 3.07. The maximum Gasteiger partial charge on any atom is 0.225 e. The molecular formula is C20H33N5O3. The van der Waals surface area contributed by atoms with E-state index in [1.165, 1.54) is 0 Å². The molecule has 3 heterocycles. The summed E-state index contributed by atoms with van der Waals surface area (Å²) in [5.74, 6) is 2.47. The van der Waals surface area contributed by atoms with Gasteiger partial charge in [-0.2, -0.15) is 0 Å². The van der Waals surface area contributed by atoms with Gasteiger partial charge in [-0.05, 0) is 26.7 Å². The largest absolute Gasteiger partial charge is 0.378 e. The molecule has 156 valence electrons. The summed E-state index contributed by atoms with van der Waals surface area (Å²) in [4.78, 5) is 21.4. The highest BCUT2D eigenvalue weighted by Crippen LogP contribution is 2.23. The minimum atomic E-state index is 0.119. The first-order chi connectivity index (χ1) is 13.5. The van der Waals surface area contributed by atoms with Crippen molar-refractivity contribution in [2.45, 2.75) is 39.5 Å². The number of amides is 1. The van der Waals surface area contributed by atoms with Crippen molar-refractivity contribution in [1.82, 2.24) is 20.3 Å². The normalized spacial score (nSPS) is 20.4. The number of piperidine rings is 1. The lowest BCUT2D eigenvalue weighted by molar-refractivity contribution is -0.140. The predicted molar refractivity (Wildman–Crippen MR) is 107 cm³/mol. The zero-order valence-corrected chi connectivity index (χ0v) is 17.5. The minimum Gasteiger partial charge on any atom is -0.378 e. The van der Waals surface area contributed by atoms with E-state index in [0.717, 1.165) is 68.5 Å². The van der Waals surface area contributed by atoms with E-state index in [2.05, 4.69) is 27.3 Å². The van der Waals surface area contributed by atoms with Gasteiger partial charge in [0.25, 0.3) is 0 Å². The first-order valence-corrected chi connectivity index (χ1v) is 10.3. The van der Waals surface area contributed by atoms with E-state index in [-0.39, 0.29) is 17.7 Å². The summed E-state index contributed by atoms with van der Waals surface area (Å²) in [6.45, 7) is 11.3. The number of aromatic nitrogens is 1. The lowest BCUT2D eigenvalue weighted by Crippen LogP contribution is -2.50. The number of carbonyl (C=O) groups is 1. The van der Waals surface area contributed by atoms with Gasteiger partial charge in [-0.15, -0.1) is 0 Å². The van der Waals surface area contributed by atoms with E-state index in [0.29, 0.717) is 13.2 Å². The molecule has 0 saturated carbocycles. The van der Waals surface area contributed by atoms with Gasteiger partial charge in [0.15, 0.2) is 5.96 Å². The van der Waals surface area contributed by atoms with Crippen molar-refractivity contribution in [3.63, 3.8) is 0 Å². The van der Waals surface area contributed by atoms with E-state index in [1.54, 1.807) is 0 Å². The van der Waals surface area contributed by atoms with Gasteiger partial charge in [0.05, 0.1) is 18.9 Å². The molecule has 1 aromatic rings. The number of hydrogen-bond acceptors (Lipinski definition) is 5. The number of nitrogens with one attached hydrogen (secondary N) is 1. The van der Waals surface area contributed by atoms with Crippen LogP contribution >= 0.6 is 0 Å². The number of aryl methyl sites for hydroxylation is 2. The van der Waals surface area contributed by atoms with Crippen molar-refractivity contribution in [3.05, 3.63) is 17.0 Å². The Balaban J connectivity index is 1.49. The molecule has 0 radical (unpaired) electrons. The number of ether oxygens (including phenoxy) is 1. The Kier molecular flexibility index (Phi) is 6.93. The molecule has 0 spiro atoms. The first kappa shape index (κ1) is 20.6. The van der Waals surface area contributed by atoms with Gasteiger partial charge in [0.1, 0.15) is 5.76 Å². The lowest BCUT2D eigenvalue weighted by atomic mass is 9.95. The van der Waals surface area contributed by atoms with Crippen LogP contribution in [0.5, 0.6) is 0 Å². The minimum absolute atomic E-state index is 0.119. The summed E-state index contributed by atoms with van der Waals surface area (Å²) in [6, 6.07) is 0. The maximum atomic E-state index is 12.7. The fourth-order valence-corrected chi connectivity index (χ4v) is 4.25. The van der Waals surface area contributed by atoms with Gasteiger partial charge in [-0.25, -0.2) is 0 Å². The van der Waals surface area contributed by atoms with E-state index in [1.807, 2.05) is 25.8 Å². The van der Waals surface area contributed by atoms with E-state index < -0.39 is 0 Å². The first-order valence-electron chi connectivity index (χ1n) is 10.3. The third kappa shape index (κ3) is 4.66. The molecule has 2 aliphatic heterocycles. The van der Waals surface area contributed by atoms with Crippen molar-refractivity contribution in [2.24, 2.45) is 10.9 Å². The number of hydrogen-bond donors (Lipinski definition) is 1. The van der Waals surface area contributed by atoms with Crippen LogP contribution in [0.2, 0.25) is 0 Å². The molecule has 1 aromatic heterocycles. The Morgan fingerprint density at radius 3 is 2.46 bits per heavy atom. The quantitative estimate of drug-likeness (QED) is 0.619. The van der Waals surface area contributed by atoms with Crippen molar-refractivity contribution in [2.75, 3.05) is 53.0 Å². The van der Waals surface area contributed by atoms with Crippen molar-refractivity contribution in [1.29, 1.82) is 0 Å². The topological polar surface area (TPSA) is 83.2 Å². The molecule has 1 N–H and O–H groups in total. The summed E-state index contributed by atoms with van der Waals surface area (Å²) < 4.78 is 10.6. The van der Waals surface area contributed by atoms with Gasteiger partial charge in [-0.3, -0.25) is 9.79 Å². The predicted octanol–water partition coefficient (Wildman–Crippen LogP) is 1.54. The van der Waals surface area contributed by atoms with Crippen LogP contribution in [-0.4, -0.2) is 79.8 Å². The van der Waals surface area contributed by atoms with Crippen LogP contribution in [0.1, 0.15) is 42.7 Å². The third-order valence-electron chi connectivity index (χ3n) is 5.83. The maximum absolute atomic E-state index is 12.7. The van der Waals surface area contributed by atoms with Gasteiger partial charge >= 0.3 is 0 Å². The fraction of sp³-hybridized carbons (Fsp3) is 0.750. The third-order valence-corrected chi connectivity index (χ3v) is 5.83. The molecule has 28 heavy (non-hydrogen) atoms. The van der Waals surface area contributed by atoms with Crippen LogP contribution in [0.3, 0.4) is 0 Å². The van der Waals surface area contributed by atoms with Crippen LogP contribution in [0.15, 0.2) is 9.52 Å². The number of carbonyl (C=O) groups excluding carboxylic acids is 1. The van der Waals surface area contributed by atoms with Crippen LogP contribution in [0.4, 0.5) is 0 Å². The summed E-state index contributed by atoms with van der Waals surface area (Å²) in [7, 11) is 1.81. The molecule has 1 atom stereocenters. The zero-order valence-electron chi connectivity index (χ0n) is 17.5. The molecule has 0 aromatic carbocycles. The van der Waals surface area contributed by atoms with Gasteiger partial charge < -0.3 is 24.4 Å². The zero-order chi connectivity index (χ0) is 20.1. The Labute approximate surface area is 167 Å². The molecule has 8 heteroatoms. The Hall–Kier alpha value is -2.09. The molecule has 8 nitrogen and oxygen atoms in total. The number of morpholine rings is 1. The smallest absolute Gasteiger partial charge is 0.225 e. The number of nitrogens with zero attached hydrogens (tertiary/aromatic N) is 4. The Bertz CT molecular complexity index is 669. The number of likely N-dealkylation sites (tertiary alicyclic amines) is 1. The van der Waals surface area contributed by atoms with E-state index in [9.17, 15) is 4.79 Å². The molecule has 3 rings (SSSR count). The van der Waals surface area contributed by atoms with Gasteiger partial charge in [0, 0.05) is 57.2 Å². The fourth-order valence-electron chi connectivity index (χ4n) is 4.25. The van der Waals surface area contributed by atoms with Gasteiger partial charge in [0.2, 0.25) is 5.91 Å². The second kappa shape index (κ2) is 9.41. The molecule has 2 fully saturated rings. The molecule has 0 aliphatic carbocycles. The molecule has 0 bridgehead atoms. The standard InChI is InChI=1S/C20H33N5O3/c1-14(18-15(2)23-28-16(18)3)13-22-20(21-4)25-7-5-17(6-8-25)19(26)24-9-11-27-12-10-24/h14,17H,5-13H2,1-4H3,(H,21,22). The second-order valence-electron chi connectivity index (χ2n) is 7.77. The SMILES string of the molecule is CN=C(NCC(C)c1c(C)noc1C)N1CCC(C(=O)N2CCOCC2)CC1. The number of guanidine groups is 1. The summed E-state index contributed by atoms with van der Waals surface area (Å²) >= 11 is 0. The van der Waals surface area contributed by atoms with Crippen LogP contribution in [-0.2, 0) is 9.53 Å².